The second kappa shape index (κ2) is 3.93. The van der Waals surface area contributed by atoms with Gasteiger partial charge < -0.3 is 5.32 Å². The summed E-state index contributed by atoms with van der Waals surface area (Å²) in [5.74, 6) is 0.0652. The van der Waals surface area contributed by atoms with Gasteiger partial charge in [-0.3, -0.25) is 4.68 Å². The molecule has 2 heterocycles. The Bertz CT molecular complexity index is 326. The van der Waals surface area contributed by atoms with E-state index in [1.54, 1.807) is 24.0 Å². The van der Waals surface area contributed by atoms with E-state index in [0.29, 0.717) is 5.56 Å². The number of alkyl halides is 1. The Hall–Kier alpha value is -0.900. The average Bonchev–Trinajstić information content (AvgIpc) is 2.67. The molecule has 0 bridgehead atoms. The zero-order chi connectivity index (χ0) is 10.9. The van der Waals surface area contributed by atoms with Crippen molar-refractivity contribution < 1.29 is 4.39 Å². The van der Waals surface area contributed by atoms with E-state index in [-0.39, 0.29) is 5.92 Å². The normalized spacial score (nSPS) is 26.2. The molecule has 2 rings (SSSR count). The van der Waals surface area contributed by atoms with Crippen molar-refractivity contribution in [2.75, 3.05) is 13.1 Å². The van der Waals surface area contributed by atoms with Crippen LogP contribution in [0.5, 0.6) is 0 Å². The number of hydrogen-bond acceptors (Lipinski definition) is 2. The fraction of sp³-hybridized carbons (Fsp3) is 0.727. The first kappa shape index (κ1) is 10.6. The van der Waals surface area contributed by atoms with Crippen LogP contribution in [0.1, 0.15) is 25.3 Å². The van der Waals surface area contributed by atoms with Gasteiger partial charge in [-0.1, -0.05) is 0 Å². The van der Waals surface area contributed by atoms with Crippen LogP contribution < -0.4 is 5.32 Å². The van der Waals surface area contributed by atoms with Crippen LogP contribution in [0.2, 0.25) is 0 Å². The highest BCUT2D eigenvalue weighted by atomic mass is 19.1. The molecule has 1 aliphatic heterocycles. The molecular weight excluding hydrogens is 193 g/mol. The van der Waals surface area contributed by atoms with Crippen molar-refractivity contribution in [3.05, 3.63) is 18.0 Å². The molecule has 2 atom stereocenters. The van der Waals surface area contributed by atoms with Crippen LogP contribution in [-0.2, 0) is 12.7 Å². The van der Waals surface area contributed by atoms with Gasteiger partial charge in [0.05, 0.1) is 6.20 Å². The van der Waals surface area contributed by atoms with E-state index in [1.165, 1.54) is 0 Å². The van der Waals surface area contributed by atoms with E-state index in [2.05, 4.69) is 10.4 Å². The molecule has 0 spiro atoms. The summed E-state index contributed by atoms with van der Waals surface area (Å²) in [5, 5.41) is 7.28. The van der Waals surface area contributed by atoms with Crippen molar-refractivity contribution in [2.45, 2.75) is 25.4 Å². The molecule has 2 unspecified atom stereocenters. The third kappa shape index (κ3) is 2.04. The molecule has 0 saturated carbocycles. The van der Waals surface area contributed by atoms with Gasteiger partial charge in [-0.2, -0.15) is 5.10 Å². The topological polar surface area (TPSA) is 29.9 Å². The molecule has 1 fully saturated rings. The van der Waals surface area contributed by atoms with Crippen molar-refractivity contribution in [1.82, 2.24) is 15.1 Å². The predicted molar refractivity (Wildman–Crippen MR) is 57.3 cm³/mol. The second-order valence-electron chi connectivity index (χ2n) is 4.52. The van der Waals surface area contributed by atoms with Gasteiger partial charge in [0.25, 0.3) is 0 Å². The quantitative estimate of drug-likeness (QED) is 0.805. The maximum atomic E-state index is 14.6. The summed E-state index contributed by atoms with van der Waals surface area (Å²) in [5.41, 5.74) is -0.569. The fourth-order valence-corrected chi connectivity index (χ4v) is 2.22. The predicted octanol–water partition coefficient (Wildman–Crippen LogP) is 1.60. The van der Waals surface area contributed by atoms with E-state index >= 15 is 0 Å². The summed E-state index contributed by atoms with van der Waals surface area (Å²) >= 11 is 0. The Morgan fingerprint density at radius 3 is 3.00 bits per heavy atom. The molecule has 0 aromatic carbocycles. The molecule has 1 aliphatic rings. The van der Waals surface area contributed by atoms with Crippen molar-refractivity contribution in [1.29, 1.82) is 0 Å². The molecule has 1 aromatic heterocycles. The number of halogens is 1. The van der Waals surface area contributed by atoms with Gasteiger partial charge in [0.1, 0.15) is 5.67 Å². The molecule has 0 aliphatic carbocycles. The first-order valence-corrected chi connectivity index (χ1v) is 5.49. The molecule has 15 heavy (non-hydrogen) atoms. The van der Waals surface area contributed by atoms with Gasteiger partial charge in [-0.25, -0.2) is 4.39 Å². The van der Waals surface area contributed by atoms with Gasteiger partial charge in [0.15, 0.2) is 0 Å². The van der Waals surface area contributed by atoms with Gasteiger partial charge in [-0.15, -0.1) is 0 Å². The highest BCUT2D eigenvalue weighted by Gasteiger charge is 2.37. The Balaban J connectivity index is 2.17. The van der Waals surface area contributed by atoms with Crippen LogP contribution in [-0.4, -0.2) is 22.9 Å². The van der Waals surface area contributed by atoms with E-state index in [9.17, 15) is 4.39 Å². The molecule has 0 radical (unpaired) electrons. The van der Waals surface area contributed by atoms with Crippen molar-refractivity contribution >= 4 is 0 Å². The van der Waals surface area contributed by atoms with Crippen molar-refractivity contribution in [2.24, 2.45) is 13.0 Å². The maximum absolute atomic E-state index is 14.6. The molecule has 0 amide bonds. The summed E-state index contributed by atoms with van der Waals surface area (Å²) in [6.45, 7) is 3.45. The summed E-state index contributed by atoms with van der Waals surface area (Å²) in [4.78, 5) is 0. The lowest BCUT2D eigenvalue weighted by Crippen LogP contribution is -2.39. The highest BCUT2D eigenvalue weighted by molar-refractivity contribution is 5.16. The third-order valence-electron chi connectivity index (χ3n) is 3.33. The number of nitrogens with one attached hydrogen (secondary N) is 1. The lowest BCUT2D eigenvalue weighted by molar-refractivity contribution is 0.0811. The van der Waals surface area contributed by atoms with Crippen LogP contribution in [0, 0.1) is 5.92 Å². The molecule has 1 saturated heterocycles. The Morgan fingerprint density at radius 1 is 1.67 bits per heavy atom. The lowest BCUT2D eigenvalue weighted by Gasteiger charge is -2.33. The minimum absolute atomic E-state index is 0.0652. The van der Waals surface area contributed by atoms with Crippen LogP contribution in [0.3, 0.4) is 0 Å². The number of piperidine rings is 1. The smallest absolute Gasteiger partial charge is 0.140 e. The standard InChI is InChI=1S/C11H18FN3/c1-11(12,9-4-3-5-13-6-9)10-7-14-15(2)8-10/h7-9,13H,3-6H2,1-2H3. The van der Waals surface area contributed by atoms with Crippen molar-refractivity contribution in [3.8, 4) is 0 Å². The zero-order valence-corrected chi connectivity index (χ0v) is 9.33. The summed E-state index contributed by atoms with van der Waals surface area (Å²) in [7, 11) is 1.82. The Kier molecular flexibility index (Phi) is 2.78. The number of aryl methyl sites for hydroxylation is 1. The van der Waals surface area contributed by atoms with Crippen LogP contribution >= 0.6 is 0 Å². The number of aromatic nitrogens is 2. The van der Waals surface area contributed by atoms with Gasteiger partial charge in [0.2, 0.25) is 0 Å². The van der Waals surface area contributed by atoms with E-state index in [4.69, 9.17) is 0 Å². The van der Waals surface area contributed by atoms with Crippen LogP contribution in [0.15, 0.2) is 12.4 Å². The molecule has 4 heteroatoms. The van der Waals surface area contributed by atoms with E-state index in [0.717, 1.165) is 25.9 Å². The summed E-state index contributed by atoms with van der Waals surface area (Å²) < 4.78 is 16.3. The average molecular weight is 211 g/mol. The van der Waals surface area contributed by atoms with Gasteiger partial charge in [0, 0.05) is 31.3 Å². The Labute approximate surface area is 89.7 Å². The van der Waals surface area contributed by atoms with Gasteiger partial charge in [-0.05, 0) is 26.3 Å². The van der Waals surface area contributed by atoms with Crippen molar-refractivity contribution in [3.63, 3.8) is 0 Å². The Morgan fingerprint density at radius 2 is 2.47 bits per heavy atom. The monoisotopic (exact) mass is 211 g/mol. The lowest BCUT2D eigenvalue weighted by atomic mass is 9.81. The second-order valence-corrected chi connectivity index (χ2v) is 4.52. The minimum Gasteiger partial charge on any atom is -0.316 e. The van der Waals surface area contributed by atoms with E-state index < -0.39 is 5.67 Å². The number of rotatable bonds is 2. The maximum Gasteiger partial charge on any atom is 0.140 e. The number of hydrogen-bond donors (Lipinski definition) is 1. The molecular formula is C11H18FN3. The summed E-state index contributed by atoms with van der Waals surface area (Å²) in [6, 6.07) is 0. The minimum atomic E-state index is -1.26. The van der Waals surface area contributed by atoms with Gasteiger partial charge >= 0.3 is 0 Å². The molecule has 84 valence electrons. The first-order chi connectivity index (χ1) is 7.10. The third-order valence-corrected chi connectivity index (χ3v) is 3.33. The molecule has 1 N–H and O–H groups in total. The zero-order valence-electron chi connectivity index (χ0n) is 9.33. The van der Waals surface area contributed by atoms with E-state index in [1.807, 2.05) is 7.05 Å². The molecule has 1 aromatic rings. The molecule has 3 nitrogen and oxygen atoms in total. The van der Waals surface area contributed by atoms with Crippen LogP contribution in [0.4, 0.5) is 4.39 Å². The highest BCUT2D eigenvalue weighted by Crippen LogP contribution is 2.36. The number of nitrogens with zero attached hydrogens (tertiary/aromatic N) is 2. The largest absolute Gasteiger partial charge is 0.316 e. The van der Waals surface area contributed by atoms with Crippen LogP contribution in [0.25, 0.3) is 0 Å². The first-order valence-electron chi connectivity index (χ1n) is 5.49. The SMILES string of the molecule is Cn1cc(C(C)(F)C2CCCNC2)cn1. The summed E-state index contributed by atoms with van der Waals surface area (Å²) in [6.07, 6.45) is 5.42. The fourth-order valence-electron chi connectivity index (χ4n) is 2.22.